The maximum absolute atomic E-state index is 12.9. The number of nitrogens with zero attached hydrogens (tertiary/aromatic N) is 4. The normalized spacial score (nSPS) is 27.7. The van der Waals surface area contributed by atoms with E-state index in [0.29, 0.717) is 42.7 Å². The third-order valence-electron chi connectivity index (χ3n) is 5.35. The number of hydrogen-bond donors (Lipinski definition) is 1. The predicted octanol–water partition coefficient (Wildman–Crippen LogP) is 3.06. The zero-order chi connectivity index (χ0) is 19.7. The molecule has 0 spiro atoms. The molecule has 0 aromatic carbocycles. The summed E-state index contributed by atoms with van der Waals surface area (Å²) >= 11 is 0. The second-order valence-electron chi connectivity index (χ2n) is 7.71. The Hall–Kier alpha value is -1.54. The van der Waals surface area contributed by atoms with Crippen LogP contribution in [-0.4, -0.2) is 45.2 Å². The first-order valence-corrected chi connectivity index (χ1v) is 10.9. The molecule has 0 radical (unpaired) electrons. The maximum Gasteiger partial charge on any atom is 0.356 e. The van der Waals surface area contributed by atoms with E-state index < -0.39 is 7.60 Å². The van der Waals surface area contributed by atoms with Gasteiger partial charge in [-0.25, -0.2) is 15.0 Å². The van der Waals surface area contributed by atoms with E-state index in [4.69, 9.17) is 19.5 Å². The number of nitrogen functional groups attached to an aromatic ring is 1. The lowest BCUT2D eigenvalue weighted by molar-refractivity contribution is 0.0644. The fourth-order valence-electron chi connectivity index (χ4n) is 2.88. The van der Waals surface area contributed by atoms with Crippen molar-refractivity contribution in [2.75, 3.05) is 25.3 Å². The summed E-state index contributed by atoms with van der Waals surface area (Å²) in [5.74, 6) is 0.752. The molecule has 0 bridgehead atoms. The first-order chi connectivity index (χ1) is 12.7. The van der Waals surface area contributed by atoms with Gasteiger partial charge in [-0.15, -0.1) is 0 Å². The highest BCUT2D eigenvalue weighted by Crippen LogP contribution is 2.53. The molecular weight excluding hydrogens is 369 g/mol. The molecule has 3 heterocycles. The second-order valence-corrected chi connectivity index (χ2v) is 9.71. The molecule has 3 atom stereocenters. The number of hydrogen-bond acceptors (Lipinski definition) is 8. The first-order valence-electron chi connectivity index (χ1n) is 9.13. The van der Waals surface area contributed by atoms with Gasteiger partial charge < -0.3 is 24.1 Å². The number of nitrogens with two attached hydrogens (primary N) is 1. The molecule has 2 aromatic rings. The third kappa shape index (κ3) is 4.48. The maximum atomic E-state index is 12.9. The van der Waals surface area contributed by atoms with Crippen LogP contribution in [0.15, 0.2) is 12.7 Å². The Morgan fingerprint density at radius 1 is 1.33 bits per heavy atom. The Morgan fingerprint density at radius 3 is 2.85 bits per heavy atom. The van der Waals surface area contributed by atoms with Gasteiger partial charge in [0.05, 0.1) is 32.2 Å². The van der Waals surface area contributed by atoms with E-state index in [9.17, 15) is 4.57 Å². The summed E-state index contributed by atoms with van der Waals surface area (Å²) in [5.41, 5.74) is 6.95. The Kier molecular flexibility index (Phi) is 5.86. The van der Waals surface area contributed by atoms with E-state index in [0.717, 1.165) is 6.42 Å². The van der Waals surface area contributed by atoms with Gasteiger partial charge in [-0.3, -0.25) is 4.57 Å². The topological polar surface area (TPSA) is 114 Å². The minimum Gasteiger partial charge on any atom is -0.382 e. The summed E-state index contributed by atoms with van der Waals surface area (Å²) in [6.45, 7) is 9.61. The van der Waals surface area contributed by atoms with Crippen molar-refractivity contribution in [1.29, 1.82) is 0 Å². The van der Waals surface area contributed by atoms with Crippen molar-refractivity contribution in [2.24, 2.45) is 11.3 Å². The molecule has 1 saturated heterocycles. The van der Waals surface area contributed by atoms with Gasteiger partial charge in [0.25, 0.3) is 0 Å². The second kappa shape index (κ2) is 7.83. The Morgan fingerprint density at radius 2 is 2.11 bits per heavy atom. The van der Waals surface area contributed by atoms with E-state index in [1.807, 2.05) is 11.5 Å². The van der Waals surface area contributed by atoms with E-state index in [2.05, 4.69) is 35.7 Å². The summed E-state index contributed by atoms with van der Waals surface area (Å²) in [7, 11) is -3.27. The van der Waals surface area contributed by atoms with Crippen LogP contribution in [0.1, 0.15) is 34.1 Å². The number of fused-ring (bicyclic) bond motifs is 1. The lowest BCUT2D eigenvalue weighted by Gasteiger charge is -2.31. The molecule has 0 aliphatic carbocycles. The third-order valence-corrected chi connectivity index (χ3v) is 6.91. The van der Waals surface area contributed by atoms with Gasteiger partial charge in [-0.05, 0) is 24.7 Å². The number of ether oxygens (including phenoxy) is 1. The van der Waals surface area contributed by atoms with E-state index in [1.165, 1.54) is 6.33 Å². The predicted molar refractivity (Wildman–Crippen MR) is 102 cm³/mol. The molecule has 27 heavy (non-hydrogen) atoms. The summed E-state index contributed by atoms with van der Waals surface area (Å²) in [6, 6.07) is 0. The van der Waals surface area contributed by atoms with Crippen LogP contribution in [0.2, 0.25) is 0 Å². The lowest BCUT2D eigenvalue weighted by Crippen LogP contribution is -2.28. The summed E-state index contributed by atoms with van der Waals surface area (Å²) in [4.78, 5) is 12.4. The standard InChI is InChI=1S/C17H28N5O4P/c1-12(2)17(4)5-6-25-27(23,26-8-17)11-24-13(3)7-22-10-21-14-15(18)19-9-20-16(14)22/h9-10,12-13H,5-8,11H2,1-4H3,(H2,18,19,20)/t13-,17+,27+/m1/s1. The molecule has 3 rings (SSSR count). The van der Waals surface area contributed by atoms with Crippen molar-refractivity contribution >= 4 is 24.6 Å². The van der Waals surface area contributed by atoms with Crippen molar-refractivity contribution in [1.82, 2.24) is 19.5 Å². The molecule has 2 aromatic heterocycles. The van der Waals surface area contributed by atoms with Crippen LogP contribution < -0.4 is 5.73 Å². The monoisotopic (exact) mass is 397 g/mol. The van der Waals surface area contributed by atoms with E-state index in [-0.39, 0.29) is 17.9 Å². The number of anilines is 1. The minimum atomic E-state index is -3.27. The Labute approximate surface area is 159 Å². The molecule has 1 aliphatic rings. The van der Waals surface area contributed by atoms with Gasteiger partial charge in [0.15, 0.2) is 11.5 Å². The molecular formula is C17H28N5O4P. The van der Waals surface area contributed by atoms with Crippen molar-refractivity contribution in [3.05, 3.63) is 12.7 Å². The zero-order valence-corrected chi connectivity index (χ0v) is 17.2. The zero-order valence-electron chi connectivity index (χ0n) is 16.3. The fraction of sp³-hybridized carbons (Fsp3) is 0.706. The minimum absolute atomic E-state index is 0.0485. The smallest absolute Gasteiger partial charge is 0.356 e. The van der Waals surface area contributed by atoms with Gasteiger partial charge in [-0.2, -0.15) is 0 Å². The van der Waals surface area contributed by atoms with Gasteiger partial charge in [0.1, 0.15) is 18.2 Å². The molecule has 2 N–H and O–H groups in total. The Bertz CT molecular complexity index is 842. The van der Waals surface area contributed by atoms with Crippen LogP contribution >= 0.6 is 7.60 Å². The van der Waals surface area contributed by atoms with Crippen LogP contribution in [0.3, 0.4) is 0 Å². The number of imidazole rings is 1. The molecule has 0 unspecified atom stereocenters. The number of rotatable bonds is 6. The van der Waals surface area contributed by atoms with Gasteiger partial charge in [0, 0.05) is 0 Å². The molecule has 10 heteroatoms. The van der Waals surface area contributed by atoms with Gasteiger partial charge in [-0.1, -0.05) is 20.8 Å². The van der Waals surface area contributed by atoms with Crippen LogP contribution in [0.4, 0.5) is 5.82 Å². The average molecular weight is 397 g/mol. The average Bonchev–Trinajstić information content (AvgIpc) is 2.95. The number of aromatic nitrogens is 4. The van der Waals surface area contributed by atoms with E-state index >= 15 is 0 Å². The summed E-state index contributed by atoms with van der Waals surface area (Å²) in [5, 5.41) is 0. The van der Waals surface area contributed by atoms with Crippen molar-refractivity contribution in [3.63, 3.8) is 0 Å². The van der Waals surface area contributed by atoms with Gasteiger partial charge in [0.2, 0.25) is 0 Å². The van der Waals surface area contributed by atoms with Crippen LogP contribution in [0.25, 0.3) is 11.2 Å². The first kappa shape index (κ1) is 20.2. The Balaban J connectivity index is 1.59. The molecule has 0 amide bonds. The van der Waals surface area contributed by atoms with Crippen molar-refractivity contribution in [3.8, 4) is 0 Å². The molecule has 0 saturated carbocycles. The molecule has 9 nitrogen and oxygen atoms in total. The highest BCUT2D eigenvalue weighted by atomic mass is 31.2. The van der Waals surface area contributed by atoms with Crippen LogP contribution in [0, 0.1) is 11.3 Å². The summed E-state index contributed by atoms with van der Waals surface area (Å²) in [6.07, 6.45) is 3.54. The van der Waals surface area contributed by atoms with Gasteiger partial charge >= 0.3 is 7.60 Å². The molecule has 150 valence electrons. The highest BCUT2D eigenvalue weighted by Gasteiger charge is 2.38. The lowest BCUT2D eigenvalue weighted by atomic mass is 9.77. The molecule has 1 aliphatic heterocycles. The van der Waals surface area contributed by atoms with Crippen LogP contribution in [-0.2, 0) is 24.9 Å². The quantitative estimate of drug-likeness (QED) is 0.740. The summed E-state index contributed by atoms with van der Waals surface area (Å²) < 4.78 is 31.8. The fourth-order valence-corrected chi connectivity index (χ4v) is 4.41. The van der Waals surface area contributed by atoms with Crippen LogP contribution in [0.5, 0.6) is 0 Å². The van der Waals surface area contributed by atoms with Crippen molar-refractivity contribution in [2.45, 2.75) is 46.8 Å². The van der Waals surface area contributed by atoms with E-state index in [1.54, 1.807) is 6.33 Å². The molecule has 1 fully saturated rings. The highest BCUT2D eigenvalue weighted by molar-refractivity contribution is 7.53. The largest absolute Gasteiger partial charge is 0.382 e. The van der Waals surface area contributed by atoms with Crippen molar-refractivity contribution < 1.29 is 18.3 Å². The SMILES string of the molecule is CC(C)[C@@]1(C)CCO[P@@](=O)(CO[C@H](C)Cn2cnc3c(N)ncnc32)OC1.